The zero-order valence-corrected chi connectivity index (χ0v) is 15.8. The summed E-state index contributed by atoms with van der Waals surface area (Å²) in [7, 11) is 0. The molecule has 0 N–H and O–H groups in total. The topological polar surface area (TPSA) is 26.8 Å². The maximum atomic E-state index is 13.3. The van der Waals surface area contributed by atoms with Gasteiger partial charge in [-0.15, -0.1) is 0 Å². The first-order valence-electron chi connectivity index (χ1n) is 9.57. The highest BCUT2D eigenvalue weighted by Gasteiger charge is 2.27. The molecule has 2 fully saturated rings. The molecular weight excluding hydrogens is 336 g/mol. The van der Waals surface area contributed by atoms with Crippen LogP contribution in [0.5, 0.6) is 0 Å². The molecule has 0 saturated carbocycles. The molecule has 1 amide bonds. The molecule has 0 radical (unpaired) electrons. The fourth-order valence-electron chi connectivity index (χ4n) is 4.16. The minimum Gasteiger partial charge on any atom is -0.341 e. The molecule has 0 bridgehead atoms. The Labute approximate surface area is 154 Å². The molecule has 1 aromatic rings. The number of rotatable bonds is 4. The maximum absolute atomic E-state index is 13.3. The van der Waals surface area contributed by atoms with E-state index in [1.807, 2.05) is 4.90 Å². The maximum Gasteiger partial charge on any atom is 0.236 e. The van der Waals surface area contributed by atoms with E-state index in [1.54, 1.807) is 6.07 Å². The number of hydrogen-bond donors (Lipinski definition) is 0. The molecule has 0 aromatic heterocycles. The van der Waals surface area contributed by atoms with Gasteiger partial charge in [-0.1, -0.05) is 19.9 Å². The Hall–Kier alpha value is -1.53. The van der Waals surface area contributed by atoms with Crippen molar-refractivity contribution in [2.75, 3.05) is 45.8 Å². The molecule has 2 aliphatic heterocycles. The van der Waals surface area contributed by atoms with E-state index in [9.17, 15) is 13.6 Å². The first-order valence-corrected chi connectivity index (χ1v) is 9.57. The van der Waals surface area contributed by atoms with Crippen molar-refractivity contribution in [3.8, 4) is 0 Å². The van der Waals surface area contributed by atoms with Gasteiger partial charge in [0.25, 0.3) is 0 Å². The Balaban J connectivity index is 1.44. The van der Waals surface area contributed by atoms with Crippen LogP contribution < -0.4 is 0 Å². The number of piperazine rings is 1. The quantitative estimate of drug-likeness (QED) is 0.821. The van der Waals surface area contributed by atoms with Gasteiger partial charge in [0.05, 0.1) is 6.54 Å². The minimum absolute atomic E-state index is 0.234. The summed E-state index contributed by atoms with van der Waals surface area (Å²) in [6, 6.07) is 4.08. The van der Waals surface area contributed by atoms with E-state index in [-0.39, 0.29) is 5.91 Å². The molecule has 0 aliphatic carbocycles. The van der Waals surface area contributed by atoms with E-state index in [0.717, 1.165) is 44.8 Å². The summed E-state index contributed by atoms with van der Waals surface area (Å²) in [5.74, 6) is -0.209. The van der Waals surface area contributed by atoms with Crippen LogP contribution in [0.2, 0.25) is 0 Å². The first kappa shape index (κ1) is 19.2. The molecule has 2 unspecified atom stereocenters. The number of amides is 1. The number of carbonyl (C=O) groups is 1. The summed E-state index contributed by atoms with van der Waals surface area (Å²) in [5.41, 5.74) is 0.782. The van der Waals surface area contributed by atoms with Crippen LogP contribution in [-0.4, -0.2) is 66.4 Å². The number of benzene rings is 1. The zero-order valence-electron chi connectivity index (χ0n) is 15.8. The summed E-state index contributed by atoms with van der Waals surface area (Å²) in [4.78, 5) is 19.0. The van der Waals surface area contributed by atoms with Crippen molar-refractivity contribution >= 4 is 5.91 Å². The van der Waals surface area contributed by atoms with Gasteiger partial charge in [-0.05, 0) is 36.0 Å². The van der Waals surface area contributed by atoms with Crippen molar-refractivity contribution in [1.82, 2.24) is 14.7 Å². The molecule has 4 nitrogen and oxygen atoms in total. The number of piperidine rings is 1. The second-order valence-corrected chi connectivity index (χ2v) is 8.05. The standard InChI is InChI=1S/C20H29F2N3O/c1-15-9-16(2)12-25(11-15)20(26)14-24-7-5-23(6-8-24)13-17-3-4-18(21)19(22)10-17/h3-4,10,15-16H,5-9,11-14H2,1-2H3. The summed E-state index contributed by atoms with van der Waals surface area (Å²) in [6.45, 7) is 10.6. The van der Waals surface area contributed by atoms with Crippen LogP contribution >= 0.6 is 0 Å². The Bertz CT molecular complexity index is 621. The van der Waals surface area contributed by atoms with Crippen LogP contribution in [0.4, 0.5) is 8.78 Å². The van der Waals surface area contributed by atoms with E-state index in [4.69, 9.17) is 0 Å². The third kappa shape index (κ3) is 5.01. The number of likely N-dealkylation sites (tertiary alicyclic amines) is 1. The molecule has 3 rings (SSSR count). The van der Waals surface area contributed by atoms with Crippen molar-refractivity contribution in [1.29, 1.82) is 0 Å². The highest BCUT2D eigenvalue weighted by molar-refractivity contribution is 5.78. The Morgan fingerprint density at radius 1 is 1.00 bits per heavy atom. The Morgan fingerprint density at radius 2 is 1.62 bits per heavy atom. The number of carbonyl (C=O) groups excluding carboxylic acids is 1. The summed E-state index contributed by atoms with van der Waals surface area (Å²) in [5, 5.41) is 0. The molecule has 26 heavy (non-hydrogen) atoms. The third-order valence-electron chi connectivity index (χ3n) is 5.44. The number of hydrogen-bond acceptors (Lipinski definition) is 3. The monoisotopic (exact) mass is 365 g/mol. The second-order valence-electron chi connectivity index (χ2n) is 8.05. The summed E-state index contributed by atoms with van der Waals surface area (Å²) < 4.78 is 26.3. The average molecular weight is 365 g/mol. The second kappa shape index (κ2) is 8.44. The average Bonchev–Trinajstić information content (AvgIpc) is 2.59. The van der Waals surface area contributed by atoms with Gasteiger partial charge in [0.2, 0.25) is 5.91 Å². The number of nitrogens with zero attached hydrogens (tertiary/aromatic N) is 3. The summed E-state index contributed by atoms with van der Waals surface area (Å²) >= 11 is 0. The van der Waals surface area contributed by atoms with Crippen molar-refractivity contribution in [2.45, 2.75) is 26.8 Å². The normalized spacial score (nSPS) is 25.5. The molecule has 2 saturated heterocycles. The van der Waals surface area contributed by atoms with Gasteiger partial charge >= 0.3 is 0 Å². The van der Waals surface area contributed by atoms with Gasteiger partial charge in [-0.3, -0.25) is 14.6 Å². The lowest BCUT2D eigenvalue weighted by Crippen LogP contribution is -2.51. The molecule has 2 heterocycles. The van der Waals surface area contributed by atoms with E-state index >= 15 is 0 Å². The van der Waals surface area contributed by atoms with Gasteiger partial charge in [-0.2, -0.15) is 0 Å². The van der Waals surface area contributed by atoms with Crippen molar-refractivity contribution in [2.24, 2.45) is 11.8 Å². The molecule has 0 spiro atoms. The molecule has 144 valence electrons. The SMILES string of the molecule is CC1CC(C)CN(C(=O)CN2CCN(Cc3ccc(F)c(F)c3)CC2)C1. The van der Waals surface area contributed by atoms with E-state index in [2.05, 4.69) is 23.6 Å². The predicted molar refractivity (Wildman–Crippen MR) is 97.6 cm³/mol. The van der Waals surface area contributed by atoms with Gasteiger partial charge in [0.15, 0.2) is 11.6 Å². The van der Waals surface area contributed by atoms with Crippen LogP contribution in [0.3, 0.4) is 0 Å². The van der Waals surface area contributed by atoms with Crippen LogP contribution in [0.25, 0.3) is 0 Å². The minimum atomic E-state index is -0.807. The smallest absolute Gasteiger partial charge is 0.236 e. The van der Waals surface area contributed by atoms with Gasteiger partial charge in [0.1, 0.15) is 0 Å². The highest BCUT2D eigenvalue weighted by Crippen LogP contribution is 2.21. The highest BCUT2D eigenvalue weighted by atomic mass is 19.2. The zero-order chi connectivity index (χ0) is 18.7. The predicted octanol–water partition coefficient (Wildman–Crippen LogP) is 2.59. The van der Waals surface area contributed by atoms with Crippen LogP contribution in [0.15, 0.2) is 18.2 Å². The van der Waals surface area contributed by atoms with Crippen molar-refractivity contribution in [3.63, 3.8) is 0 Å². The molecule has 6 heteroatoms. The van der Waals surface area contributed by atoms with E-state index in [0.29, 0.717) is 24.9 Å². The summed E-state index contributed by atoms with van der Waals surface area (Å²) in [6.07, 6.45) is 1.20. The largest absolute Gasteiger partial charge is 0.341 e. The van der Waals surface area contributed by atoms with E-state index in [1.165, 1.54) is 18.6 Å². The third-order valence-corrected chi connectivity index (χ3v) is 5.44. The van der Waals surface area contributed by atoms with Crippen LogP contribution in [0, 0.1) is 23.5 Å². The molecule has 2 aliphatic rings. The van der Waals surface area contributed by atoms with Crippen LogP contribution in [-0.2, 0) is 11.3 Å². The Kier molecular flexibility index (Phi) is 6.24. The van der Waals surface area contributed by atoms with Crippen molar-refractivity contribution in [3.05, 3.63) is 35.4 Å². The van der Waals surface area contributed by atoms with Gasteiger partial charge in [0, 0.05) is 45.8 Å². The first-order chi connectivity index (χ1) is 12.4. The van der Waals surface area contributed by atoms with Crippen LogP contribution in [0.1, 0.15) is 25.8 Å². The molecule has 2 atom stereocenters. The van der Waals surface area contributed by atoms with Gasteiger partial charge < -0.3 is 4.90 Å². The molecule has 1 aromatic carbocycles. The van der Waals surface area contributed by atoms with E-state index < -0.39 is 11.6 Å². The number of halogens is 2. The van der Waals surface area contributed by atoms with Gasteiger partial charge in [-0.25, -0.2) is 8.78 Å². The lowest BCUT2D eigenvalue weighted by atomic mass is 9.92. The fourth-order valence-corrected chi connectivity index (χ4v) is 4.16. The van der Waals surface area contributed by atoms with Crippen molar-refractivity contribution < 1.29 is 13.6 Å². The Morgan fingerprint density at radius 3 is 2.23 bits per heavy atom. The molecular formula is C20H29F2N3O. The lowest BCUT2D eigenvalue weighted by molar-refractivity contribution is -0.135. The lowest BCUT2D eigenvalue weighted by Gasteiger charge is -2.38. The fraction of sp³-hybridized carbons (Fsp3) is 0.650.